The summed E-state index contributed by atoms with van der Waals surface area (Å²) in [6.07, 6.45) is 3.11. The number of hydrogen-bond acceptors (Lipinski definition) is 5. The minimum atomic E-state index is -0.459. The summed E-state index contributed by atoms with van der Waals surface area (Å²) in [5.74, 6) is 0.359. The fraction of sp³-hybridized carbons (Fsp3) is 0.400. The van der Waals surface area contributed by atoms with Gasteiger partial charge < -0.3 is 14.4 Å². The Labute approximate surface area is 192 Å². The lowest BCUT2D eigenvalue weighted by Crippen LogP contribution is -2.42. The van der Waals surface area contributed by atoms with E-state index >= 15 is 0 Å². The minimum Gasteiger partial charge on any atom is -0.493 e. The zero-order valence-electron chi connectivity index (χ0n) is 19.1. The van der Waals surface area contributed by atoms with Crippen LogP contribution in [0.2, 0.25) is 0 Å². The van der Waals surface area contributed by atoms with Crippen molar-refractivity contribution in [1.82, 2.24) is 9.91 Å². The van der Waals surface area contributed by atoms with Crippen molar-refractivity contribution < 1.29 is 23.5 Å². The summed E-state index contributed by atoms with van der Waals surface area (Å²) in [6, 6.07) is 11.3. The van der Waals surface area contributed by atoms with Gasteiger partial charge in [-0.2, -0.15) is 5.10 Å². The minimum absolute atomic E-state index is 0.000464. The van der Waals surface area contributed by atoms with Crippen LogP contribution < -0.4 is 9.47 Å². The number of carbonyl (C=O) groups is 2. The maximum Gasteiger partial charge on any atom is 0.262 e. The van der Waals surface area contributed by atoms with Crippen LogP contribution in [0.4, 0.5) is 4.39 Å². The number of methoxy groups -OCH3 is 2. The molecule has 7 nitrogen and oxygen atoms in total. The molecule has 4 rings (SSSR count). The Morgan fingerprint density at radius 3 is 2.48 bits per heavy atom. The number of hydrogen-bond donors (Lipinski definition) is 0. The summed E-state index contributed by atoms with van der Waals surface area (Å²) in [4.78, 5) is 27.3. The van der Waals surface area contributed by atoms with Gasteiger partial charge in [0, 0.05) is 24.9 Å². The molecule has 1 aliphatic carbocycles. The second-order valence-corrected chi connectivity index (χ2v) is 8.42. The first-order valence-corrected chi connectivity index (χ1v) is 11.0. The zero-order chi connectivity index (χ0) is 23.5. The molecule has 174 valence electrons. The van der Waals surface area contributed by atoms with Gasteiger partial charge in [0.25, 0.3) is 5.91 Å². The molecule has 2 aromatic carbocycles. The normalized spacial score (nSPS) is 17.9. The van der Waals surface area contributed by atoms with Crippen molar-refractivity contribution in [2.75, 3.05) is 27.8 Å². The average Bonchev–Trinajstić information content (AvgIpc) is 3.23. The van der Waals surface area contributed by atoms with Crippen LogP contribution >= 0.6 is 0 Å². The monoisotopic (exact) mass is 453 g/mol. The van der Waals surface area contributed by atoms with E-state index in [-0.39, 0.29) is 24.3 Å². The van der Waals surface area contributed by atoms with E-state index in [0.29, 0.717) is 29.2 Å². The van der Waals surface area contributed by atoms with E-state index in [1.54, 1.807) is 51.6 Å². The molecule has 2 aromatic rings. The number of benzene rings is 2. The van der Waals surface area contributed by atoms with E-state index in [4.69, 9.17) is 9.47 Å². The highest BCUT2D eigenvalue weighted by Crippen LogP contribution is 2.38. The summed E-state index contributed by atoms with van der Waals surface area (Å²) in [7, 11) is 4.74. The lowest BCUT2D eigenvalue weighted by Gasteiger charge is -2.30. The summed E-state index contributed by atoms with van der Waals surface area (Å²) < 4.78 is 25.2. The van der Waals surface area contributed by atoms with Crippen LogP contribution in [0.15, 0.2) is 47.6 Å². The van der Waals surface area contributed by atoms with Gasteiger partial charge in [-0.3, -0.25) is 9.59 Å². The fourth-order valence-electron chi connectivity index (χ4n) is 4.24. The lowest BCUT2D eigenvalue weighted by atomic mass is 9.84. The van der Waals surface area contributed by atoms with Gasteiger partial charge in [-0.05, 0) is 36.6 Å². The van der Waals surface area contributed by atoms with E-state index < -0.39 is 11.9 Å². The maximum atomic E-state index is 14.5. The SMILES string of the molecule is COc1ccc([C@@H]2CC(c3ccccc3F)=NN2C(=O)CN(C)C(=O)C2CCC2)cc1OC. The molecule has 8 heteroatoms. The third kappa shape index (κ3) is 4.55. The number of carbonyl (C=O) groups excluding carboxylic acids is 2. The Balaban J connectivity index is 1.63. The van der Waals surface area contributed by atoms with Crippen LogP contribution in [-0.2, 0) is 9.59 Å². The summed E-state index contributed by atoms with van der Waals surface area (Å²) in [5.41, 5.74) is 1.62. The Morgan fingerprint density at radius 2 is 1.85 bits per heavy atom. The number of hydrazone groups is 1. The second kappa shape index (κ2) is 9.60. The third-order valence-corrected chi connectivity index (χ3v) is 6.35. The van der Waals surface area contributed by atoms with Crippen LogP contribution in [-0.4, -0.2) is 55.2 Å². The molecule has 1 atom stereocenters. The van der Waals surface area contributed by atoms with Gasteiger partial charge in [0.2, 0.25) is 5.91 Å². The second-order valence-electron chi connectivity index (χ2n) is 8.42. The van der Waals surface area contributed by atoms with Gasteiger partial charge in [-0.15, -0.1) is 0 Å². The van der Waals surface area contributed by atoms with Gasteiger partial charge in [0.05, 0.1) is 26.0 Å². The molecule has 2 aliphatic rings. The molecule has 0 saturated heterocycles. The highest BCUT2D eigenvalue weighted by atomic mass is 19.1. The fourth-order valence-corrected chi connectivity index (χ4v) is 4.24. The van der Waals surface area contributed by atoms with E-state index in [9.17, 15) is 14.0 Å². The average molecular weight is 454 g/mol. The summed E-state index contributed by atoms with van der Waals surface area (Å²) in [6.45, 7) is -0.0901. The molecule has 33 heavy (non-hydrogen) atoms. The van der Waals surface area contributed by atoms with Crippen molar-refractivity contribution in [3.05, 3.63) is 59.4 Å². The van der Waals surface area contributed by atoms with Crippen LogP contribution in [0, 0.1) is 11.7 Å². The highest BCUT2D eigenvalue weighted by Gasteiger charge is 2.36. The number of nitrogens with zero attached hydrogens (tertiary/aromatic N) is 3. The first kappa shape index (κ1) is 22.8. The summed E-state index contributed by atoms with van der Waals surface area (Å²) >= 11 is 0. The number of amides is 2. The number of rotatable bonds is 7. The van der Waals surface area contributed by atoms with Gasteiger partial charge in [-0.25, -0.2) is 9.40 Å². The first-order chi connectivity index (χ1) is 15.9. The molecule has 0 bridgehead atoms. The Morgan fingerprint density at radius 1 is 1.12 bits per heavy atom. The molecular weight excluding hydrogens is 425 g/mol. The molecule has 1 aliphatic heterocycles. The molecule has 1 saturated carbocycles. The van der Waals surface area contributed by atoms with Crippen molar-refractivity contribution in [1.29, 1.82) is 0 Å². The molecule has 1 fully saturated rings. The van der Waals surface area contributed by atoms with Crippen molar-refractivity contribution in [2.45, 2.75) is 31.7 Å². The van der Waals surface area contributed by atoms with Crippen molar-refractivity contribution in [2.24, 2.45) is 11.0 Å². The standard InChI is InChI=1S/C25H28FN3O4/c1-28(25(31)16-7-6-8-16)15-24(30)29-21(17-11-12-22(32-2)23(13-17)33-3)14-20(27-29)18-9-4-5-10-19(18)26/h4-5,9-13,16,21H,6-8,14-15H2,1-3H3/t21-/m0/s1. The molecule has 2 amide bonds. The molecule has 0 aromatic heterocycles. The molecule has 1 heterocycles. The summed E-state index contributed by atoms with van der Waals surface area (Å²) in [5, 5.41) is 5.89. The van der Waals surface area contributed by atoms with E-state index in [2.05, 4.69) is 5.10 Å². The number of ether oxygens (including phenoxy) is 2. The molecule has 0 radical (unpaired) electrons. The van der Waals surface area contributed by atoms with Crippen LogP contribution in [0.3, 0.4) is 0 Å². The largest absolute Gasteiger partial charge is 0.493 e. The van der Waals surface area contributed by atoms with Gasteiger partial charge >= 0.3 is 0 Å². The number of likely N-dealkylation sites (N-methyl/N-ethyl adjacent to an activating group) is 1. The first-order valence-electron chi connectivity index (χ1n) is 11.0. The van der Waals surface area contributed by atoms with Crippen molar-refractivity contribution >= 4 is 17.5 Å². The van der Waals surface area contributed by atoms with Crippen molar-refractivity contribution in [3.63, 3.8) is 0 Å². The van der Waals surface area contributed by atoms with Crippen LogP contribution in [0.5, 0.6) is 11.5 Å². The molecule has 0 unspecified atom stereocenters. The lowest BCUT2D eigenvalue weighted by molar-refractivity contribution is -0.144. The predicted octanol–water partition coefficient (Wildman–Crippen LogP) is 3.78. The number of halogens is 1. The van der Waals surface area contributed by atoms with Crippen LogP contribution in [0.25, 0.3) is 0 Å². The van der Waals surface area contributed by atoms with E-state index in [1.165, 1.54) is 16.0 Å². The smallest absolute Gasteiger partial charge is 0.262 e. The molecular formula is C25H28FN3O4. The van der Waals surface area contributed by atoms with E-state index in [0.717, 1.165) is 24.8 Å². The predicted molar refractivity (Wildman–Crippen MR) is 122 cm³/mol. The van der Waals surface area contributed by atoms with Crippen LogP contribution in [0.1, 0.15) is 42.9 Å². The highest BCUT2D eigenvalue weighted by molar-refractivity contribution is 6.03. The zero-order valence-corrected chi connectivity index (χ0v) is 19.1. The topological polar surface area (TPSA) is 71.4 Å². The van der Waals surface area contributed by atoms with Crippen molar-refractivity contribution in [3.8, 4) is 11.5 Å². The Hall–Kier alpha value is -3.42. The molecule has 0 spiro atoms. The third-order valence-electron chi connectivity index (χ3n) is 6.35. The quantitative estimate of drug-likeness (QED) is 0.640. The Bertz CT molecular complexity index is 1080. The Kier molecular flexibility index (Phi) is 6.62. The van der Waals surface area contributed by atoms with Gasteiger partial charge in [0.1, 0.15) is 12.4 Å². The van der Waals surface area contributed by atoms with Gasteiger partial charge in [-0.1, -0.05) is 30.7 Å². The van der Waals surface area contributed by atoms with Gasteiger partial charge in [0.15, 0.2) is 11.5 Å². The molecule has 0 N–H and O–H groups in total. The maximum absolute atomic E-state index is 14.5. The van der Waals surface area contributed by atoms with E-state index in [1.807, 2.05) is 6.07 Å².